The maximum absolute atomic E-state index is 11.9. The molecule has 1 aliphatic heterocycles. The lowest BCUT2D eigenvalue weighted by Crippen LogP contribution is -2.36. The molecule has 0 unspecified atom stereocenters. The maximum atomic E-state index is 11.9. The van der Waals surface area contributed by atoms with Gasteiger partial charge in [-0.05, 0) is 11.8 Å². The number of alkyl halides is 3. The number of amides is 1. The van der Waals surface area contributed by atoms with Gasteiger partial charge in [-0.3, -0.25) is 4.79 Å². The Bertz CT molecular complexity index is 475. The SMILES string of the molecule is O=C(NCCSC(F)(F)F)c1cc(N2CCOCC2)no1. The topological polar surface area (TPSA) is 67.6 Å². The molecule has 1 amide bonds. The molecule has 118 valence electrons. The fraction of sp³-hybridized carbons (Fsp3) is 0.636. The Labute approximate surface area is 123 Å². The zero-order valence-electron chi connectivity index (χ0n) is 11.0. The highest BCUT2D eigenvalue weighted by Gasteiger charge is 2.27. The summed E-state index contributed by atoms with van der Waals surface area (Å²) < 4.78 is 45.9. The molecule has 1 saturated heterocycles. The Balaban J connectivity index is 1.79. The van der Waals surface area contributed by atoms with E-state index in [1.54, 1.807) is 0 Å². The van der Waals surface area contributed by atoms with Crippen molar-refractivity contribution < 1.29 is 27.2 Å². The van der Waals surface area contributed by atoms with Crippen LogP contribution < -0.4 is 10.2 Å². The standard InChI is InChI=1S/C11H14F3N3O3S/c12-11(13,14)21-6-1-15-10(18)8-7-9(16-20-8)17-2-4-19-5-3-17/h7H,1-6H2,(H,15,18). The van der Waals surface area contributed by atoms with E-state index in [0.717, 1.165) is 0 Å². The van der Waals surface area contributed by atoms with Gasteiger partial charge >= 0.3 is 5.51 Å². The van der Waals surface area contributed by atoms with Crippen LogP contribution in [0.1, 0.15) is 10.6 Å². The van der Waals surface area contributed by atoms with E-state index in [1.807, 2.05) is 4.90 Å². The highest BCUT2D eigenvalue weighted by molar-refractivity contribution is 8.00. The number of nitrogens with one attached hydrogen (secondary N) is 1. The number of morpholine rings is 1. The predicted octanol–water partition coefficient (Wildman–Crippen LogP) is 1.49. The minimum absolute atomic E-state index is 0.0199. The molecule has 2 rings (SSSR count). The van der Waals surface area contributed by atoms with Crippen LogP contribution in [0.4, 0.5) is 19.0 Å². The lowest BCUT2D eigenvalue weighted by molar-refractivity contribution is -0.0327. The molecule has 0 aromatic carbocycles. The summed E-state index contributed by atoms with van der Waals surface area (Å²) in [6.07, 6.45) is 0. The molecular weight excluding hydrogens is 311 g/mol. The molecule has 10 heteroatoms. The number of carbonyl (C=O) groups excluding carboxylic acids is 1. The van der Waals surface area contributed by atoms with Crippen molar-refractivity contribution in [2.45, 2.75) is 5.51 Å². The molecule has 0 aliphatic carbocycles. The van der Waals surface area contributed by atoms with Gasteiger partial charge in [-0.25, -0.2) is 0 Å². The summed E-state index contributed by atoms with van der Waals surface area (Å²) in [6.45, 7) is 2.34. The van der Waals surface area contributed by atoms with E-state index in [2.05, 4.69) is 10.5 Å². The number of nitrogens with zero attached hydrogens (tertiary/aromatic N) is 2. The largest absolute Gasteiger partial charge is 0.441 e. The van der Waals surface area contributed by atoms with Crippen molar-refractivity contribution in [1.29, 1.82) is 0 Å². The van der Waals surface area contributed by atoms with Crippen LogP contribution in [-0.4, -0.2) is 55.2 Å². The van der Waals surface area contributed by atoms with Crippen molar-refractivity contribution in [3.8, 4) is 0 Å². The first-order valence-electron chi connectivity index (χ1n) is 6.24. The van der Waals surface area contributed by atoms with Gasteiger partial charge in [-0.2, -0.15) is 13.2 Å². The first-order valence-corrected chi connectivity index (χ1v) is 7.22. The van der Waals surface area contributed by atoms with Crippen molar-refractivity contribution in [3.63, 3.8) is 0 Å². The van der Waals surface area contributed by atoms with Crippen molar-refractivity contribution >= 4 is 23.5 Å². The van der Waals surface area contributed by atoms with E-state index >= 15 is 0 Å². The third kappa shape index (κ3) is 5.12. The van der Waals surface area contributed by atoms with E-state index in [9.17, 15) is 18.0 Å². The van der Waals surface area contributed by atoms with E-state index in [4.69, 9.17) is 9.26 Å². The number of thioether (sulfide) groups is 1. The molecular formula is C11H14F3N3O3S. The molecule has 1 aliphatic rings. The fourth-order valence-electron chi connectivity index (χ4n) is 1.73. The van der Waals surface area contributed by atoms with Crippen molar-refractivity contribution in [3.05, 3.63) is 11.8 Å². The van der Waals surface area contributed by atoms with E-state index in [-0.39, 0.29) is 29.8 Å². The number of halogens is 3. The maximum Gasteiger partial charge on any atom is 0.441 e. The summed E-state index contributed by atoms with van der Waals surface area (Å²) in [7, 11) is 0. The Morgan fingerprint density at radius 1 is 1.43 bits per heavy atom. The van der Waals surface area contributed by atoms with Gasteiger partial charge in [0.15, 0.2) is 5.82 Å². The molecule has 0 saturated carbocycles. The van der Waals surface area contributed by atoms with Crippen LogP contribution >= 0.6 is 11.8 Å². The molecule has 2 heterocycles. The van der Waals surface area contributed by atoms with Crippen LogP contribution in [0.5, 0.6) is 0 Å². The van der Waals surface area contributed by atoms with Gasteiger partial charge in [0, 0.05) is 31.5 Å². The van der Waals surface area contributed by atoms with Crippen LogP contribution in [0.2, 0.25) is 0 Å². The monoisotopic (exact) mass is 325 g/mol. The zero-order valence-corrected chi connectivity index (χ0v) is 11.8. The zero-order chi connectivity index (χ0) is 15.3. The molecule has 6 nitrogen and oxygen atoms in total. The third-order valence-electron chi connectivity index (χ3n) is 2.71. The van der Waals surface area contributed by atoms with Crippen molar-refractivity contribution in [2.24, 2.45) is 0 Å². The molecule has 1 aromatic rings. The van der Waals surface area contributed by atoms with E-state index in [1.165, 1.54) is 6.07 Å². The second kappa shape index (κ2) is 7.03. The average Bonchev–Trinajstić information content (AvgIpc) is 2.93. The number of rotatable bonds is 5. The lowest BCUT2D eigenvalue weighted by Gasteiger charge is -2.25. The Hall–Kier alpha value is -1.42. The molecule has 21 heavy (non-hydrogen) atoms. The van der Waals surface area contributed by atoms with Crippen LogP contribution in [0.15, 0.2) is 10.6 Å². The van der Waals surface area contributed by atoms with Crippen LogP contribution in [0.3, 0.4) is 0 Å². The first-order chi connectivity index (χ1) is 9.96. The summed E-state index contributed by atoms with van der Waals surface area (Å²) in [4.78, 5) is 13.6. The quantitative estimate of drug-likeness (QED) is 0.828. The summed E-state index contributed by atoms with van der Waals surface area (Å²) in [6, 6.07) is 1.47. The molecule has 1 fully saturated rings. The number of anilines is 1. The number of aromatic nitrogens is 1. The van der Waals surface area contributed by atoms with Gasteiger partial charge in [0.05, 0.1) is 13.2 Å². The second-order valence-corrected chi connectivity index (χ2v) is 5.36. The number of hydrogen-bond acceptors (Lipinski definition) is 6. The number of ether oxygens (including phenoxy) is 1. The summed E-state index contributed by atoms with van der Waals surface area (Å²) in [5.41, 5.74) is -4.29. The highest BCUT2D eigenvalue weighted by atomic mass is 32.2. The van der Waals surface area contributed by atoms with Crippen LogP contribution in [0, 0.1) is 0 Å². The fourth-order valence-corrected chi connectivity index (χ4v) is 2.17. The number of carbonyl (C=O) groups is 1. The molecule has 0 spiro atoms. The Kier molecular flexibility index (Phi) is 5.34. The van der Waals surface area contributed by atoms with Gasteiger partial charge in [-0.15, -0.1) is 0 Å². The van der Waals surface area contributed by atoms with Gasteiger partial charge in [0.25, 0.3) is 5.91 Å². The minimum atomic E-state index is -4.29. The second-order valence-electron chi connectivity index (χ2n) is 4.20. The Morgan fingerprint density at radius 3 is 2.81 bits per heavy atom. The highest BCUT2D eigenvalue weighted by Crippen LogP contribution is 2.29. The van der Waals surface area contributed by atoms with Crippen molar-refractivity contribution in [2.75, 3.05) is 43.5 Å². The average molecular weight is 325 g/mol. The van der Waals surface area contributed by atoms with Gasteiger partial charge in [0.1, 0.15) is 0 Å². The predicted molar refractivity (Wildman–Crippen MR) is 70.4 cm³/mol. The number of hydrogen-bond donors (Lipinski definition) is 1. The molecule has 1 aromatic heterocycles. The lowest BCUT2D eigenvalue weighted by atomic mass is 10.3. The Morgan fingerprint density at radius 2 is 2.14 bits per heavy atom. The molecule has 0 bridgehead atoms. The third-order valence-corrected chi connectivity index (χ3v) is 3.45. The summed E-state index contributed by atoms with van der Waals surface area (Å²) >= 11 is -0.184. The summed E-state index contributed by atoms with van der Waals surface area (Å²) in [5.74, 6) is -0.328. The van der Waals surface area contributed by atoms with Gasteiger partial charge in [0.2, 0.25) is 5.76 Å². The molecule has 0 atom stereocenters. The van der Waals surface area contributed by atoms with Crippen LogP contribution in [0.25, 0.3) is 0 Å². The minimum Gasteiger partial charge on any atom is -0.378 e. The van der Waals surface area contributed by atoms with Crippen molar-refractivity contribution in [1.82, 2.24) is 10.5 Å². The normalized spacial score (nSPS) is 16.0. The van der Waals surface area contributed by atoms with Crippen LogP contribution in [-0.2, 0) is 4.74 Å². The molecule has 1 N–H and O–H groups in total. The van der Waals surface area contributed by atoms with E-state index < -0.39 is 11.4 Å². The van der Waals surface area contributed by atoms with Gasteiger partial charge in [-0.1, -0.05) is 5.16 Å². The van der Waals surface area contributed by atoms with Gasteiger partial charge < -0.3 is 19.5 Å². The first kappa shape index (κ1) is 16.0. The van der Waals surface area contributed by atoms with E-state index in [0.29, 0.717) is 32.1 Å². The summed E-state index contributed by atoms with van der Waals surface area (Å²) in [5, 5.41) is 6.13. The molecule has 0 radical (unpaired) electrons. The smallest absolute Gasteiger partial charge is 0.378 e.